The van der Waals surface area contributed by atoms with Crippen molar-refractivity contribution in [2.24, 2.45) is 4.99 Å². The van der Waals surface area contributed by atoms with Crippen LogP contribution in [0.5, 0.6) is 0 Å². The van der Waals surface area contributed by atoms with Crippen LogP contribution in [0.3, 0.4) is 0 Å². The van der Waals surface area contributed by atoms with Crippen LogP contribution < -0.4 is 5.32 Å². The largest absolute Gasteiger partial charge is 0.481 e. The zero-order valence-corrected chi connectivity index (χ0v) is 21.4. The van der Waals surface area contributed by atoms with E-state index in [2.05, 4.69) is 52.3 Å². The van der Waals surface area contributed by atoms with Crippen LogP contribution in [0.25, 0.3) is 0 Å². The second-order valence-corrected chi connectivity index (χ2v) is 9.66. The van der Waals surface area contributed by atoms with Crippen molar-refractivity contribution in [2.45, 2.75) is 32.2 Å². The quantitative estimate of drug-likeness (QED) is 0.342. The van der Waals surface area contributed by atoms with Crippen LogP contribution in [-0.4, -0.2) is 41.2 Å². The van der Waals surface area contributed by atoms with Crippen LogP contribution in [0.2, 0.25) is 0 Å². The minimum atomic E-state index is -0.840. The van der Waals surface area contributed by atoms with Gasteiger partial charge in [-0.05, 0) is 72.6 Å². The number of hydrogen-bond donors (Lipinski definition) is 2. The number of aliphatic carboxylic acids is 1. The third-order valence-electron chi connectivity index (χ3n) is 6.15. The molecule has 1 unspecified atom stereocenters. The first-order chi connectivity index (χ1) is 16.8. The summed E-state index contributed by atoms with van der Waals surface area (Å²) in [6.07, 6.45) is 0.459. The predicted molar refractivity (Wildman–Crippen MR) is 143 cm³/mol. The van der Waals surface area contributed by atoms with E-state index < -0.39 is 11.9 Å². The molecule has 1 atom stereocenters. The standard InChI is InChI=1S/C28H28BrN3O3/c1-3-32(2)17-19-7-11-22(12-8-19)30-27(20-6-4-5-18(15-20)9-14-25(33)34)26-23-13-10-21(29)16-24(23)31-28(26)35/h4-8,10-13,15-16,26H,3,9,14,17H2,1-2H3,(H,31,35)(H,33,34). The van der Waals surface area contributed by atoms with Crippen LogP contribution in [0, 0.1) is 0 Å². The number of aliphatic imine (C=N–C) groups is 1. The molecule has 3 aromatic carbocycles. The van der Waals surface area contributed by atoms with E-state index in [4.69, 9.17) is 10.1 Å². The summed E-state index contributed by atoms with van der Waals surface area (Å²) in [5, 5.41) is 12.1. The van der Waals surface area contributed by atoms with Crippen LogP contribution in [0.4, 0.5) is 11.4 Å². The van der Waals surface area contributed by atoms with Gasteiger partial charge in [0.15, 0.2) is 0 Å². The van der Waals surface area contributed by atoms with Crippen molar-refractivity contribution in [1.82, 2.24) is 4.90 Å². The van der Waals surface area contributed by atoms with Gasteiger partial charge in [-0.2, -0.15) is 0 Å². The SMILES string of the molecule is CCN(C)Cc1ccc(N=C(c2cccc(CCC(=O)O)c2)C2C(=O)Nc3cc(Br)ccc32)cc1. The minimum absolute atomic E-state index is 0.0460. The van der Waals surface area contributed by atoms with E-state index in [0.717, 1.165) is 45.6 Å². The van der Waals surface area contributed by atoms with Crippen LogP contribution in [0.1, 0.15) is 41.5 Å². The monoisotopic (exact) mass is 533 g/mol. The number of nitrogens with zero attached hydrogens (tertiary/aromatic N) is 2. The molecule has 1 heterocycles. The number of amides is 1. The van der Waals surface area contributed by atoms with Gasteiger partial charge in [0.1, 0.15) is 5.92 Å². The molecule has 35 heavy (non-hydrogen) atoms. The van der Waals surface area contributed by atoms with Crippen LogP contribution >= 0.6 is 15.9 Å². The number of benzene rings is 3. The zero-order valence-electron chi connectivity index (χ0n) is 19.8. The van der Waals surface area contributed by atoms with Crippen molar-refractivity contribution in [2.75, 3.05) is 18.9 Å². The number of aryl methyl sites for hydroxylation is 1. The Bertz CT molecular complexity index is 1270. The Morgan fingerprint density at radius 1 is 1.09 bits per heavy atom. The van der Waals surface area contributed by atoms with E-state index in [9.17, 15) is 9.59 Å². The highest BCUT2D eigenvalue weighted by atomic mass is 79.9. The van der Waals surface area contributed by atoms with E-state index >= 15 is 0 Å². The molecule has 0 radical (unpaired) electrons. The van der Waals surface area contributed by atoms with Crippen molar-refractivity contribution in [3.63, 3.8) is 0 Å². The van der Waals surface area contributed by atoms with E-state index in [-0.39, 0.29) is 12.3 Å². The van der Waals surface area contributed by atoms with Crippen molar-refractivity contribution in [1.29, 1.82) is 0 Å². The Balaban J connectivity index is 1.76. The predicted octanol–water partition coefficient (Wildman–Crippen LogP) is 5.77. The molecule has 2 N–H and O–H groups in total. The van der Waals surface area contributed by atoms with Gasteiger partial charge in [0.05, 0.1) is 11.4 Å². The first-order valence-electron chi connectivity index (χ1n) is 11.6. The highest BCUT2D eigenvalue weighted by molar-refractivity contribution is 9.10. The molecule has 0 aliphatic carbocycles. The highest BCUT2D eigenvalue weighted by Crippen LogP contribution is 2.38. The van der Waals surface area contributed by atoms with Gasteiger partial charge < -0.3 is 15.3 Å². The fourth-order valence-electron chi connectivity index (χ4n) is 4.18. The van der Waals surface area contributed by atoms with Crippen LogP contribution in [-0.2, 0) is 22.6 Å². The summed E-state index contributed by atoms with van der Waals surface area (Å²) >= 11 is 3.47. The van der Waals surface area contributed by atoms with E-state index in [1.165, 1.54) is 5.56 Å². The van der Waals surface area contributed by atoms with Gasteiger partial charge >= 0.3 is 5.97 Å². The summed E-state index contributed by atoms with van der Waals surface area (Å²) < 4.78 is 0.888. The minimum Gasteiger partial charge on any atom is -0.481 e. The molecular formula is C28H28BrN3O3. The Labute approximate surface area is 213 Å². The molecule has 7 heteroatoms. The summed E-state index contributed by atoms with van der Waals surface area (Å²) in [5.41, 5.74) is 5.93. The number of hydrogen-bond acceptors (Lipinski definition) is 4. The summed E-state index contributed by atoms with van der Waals surface area (Å²) in [5.74, 6) is -1.54. The lowest BCUT2D eigenvalue weighted by Gasteiger charge is -2.16. The number of nitrogens with one attached hydrogen (secondary N) is 1. The molecule has 3 aromatic rings. The van der Waals surface area contributed by atoms with Crippen LogP contribution in [0.15, 0.2) is 76.2 Å². The van der Waals surface area contributed by atoms with Gasteiger partial charge in [-0.25, -0.2) is 0 Å². The number of rotatable bonds is 9. The second-order valence-electron chi connectivity index (χ2n) is 8.74. The number of halogens is 1. The first-order valence-corrected chi connectivity index (χ1v) is 12.4. The average Bonchev–Trinajstić information content (AvgIpc) is 3.16. The number of anilines is 1. The van der Waals surface area contributed by atoms with E-state index in [1.54, 1.807) is 0 Å². The molecular weight excluding hydrogens is 506 g/mol. The first kappa shape index (κ1) is 24.8. The van der Waals surface area contributed by atoms with Gasteiger partial charge in [0, 0.05) is 23.1 Å². The lowest BCUT2D eigenvalue weighted by molar-refractivity contribution is -0.137. The molecule has 1 aliphatic heterocycles. The second kappa shape index (κ2) is 11.0. The lowest BCUT2D eigenvalue weighted by Crippen LogP contribution is -2.22. The van der Waals surface area contributed by atoms with Gasteiger partial charge in [-0.3, -0.25) is 14.6 Å². The number of fused-ring (bicyclic) bond motifs is 1. The normalized spacial score (nSPS) is 15.3. The zero-order chi connectivity index (χ0) is 24.9. The van der Waals surface area contributed by atoms with Gasteiger partial charge in [0.25, 0.3) is 0 Å². The third-order valence-corrected chi connectivity index (χ3v) is 6.64. The maximum atomic E-state index is 13.2. The molecule has 0 aromatic heterocycles. The lowest BCUT2D eigenvalue weighted by atomic mass is 9.89. The maximum absolute atomic E-state index is 13.2. The number of carbonyl (C=O) groups is 2. The Morgan fingerprint density at radius 2 is 1.86 bits per heavy atom. The van der Waals surface area contributed by atoms with Gasteiger partial charge in [-0.15, -0.1) is 0 Å². The van der Waals surface area contributed by atoms with Crippen molar-refractivity contribution in [3.8, 4) is 0 Å². The summed E-state index contributed by atoms with van der Waals surface area (Å²) in [7, 11) is 2.08. The van der Waals surface area contributed by atoms with Crippen molar-refractivity contribution >= 4 is 44.9 Å². The molecule has 180 valence electrons. The number of carboxylic acids is 1. The Morgan fingerprint density at radius 3 is 2.57 bits per heavy atom. The fourth-order valence-corrected chi connectivity index (χ4v) is 4.54. The molecule has 0 saturated heterocycles. The topological polar surface area (TPSA) is 82.0 Å². The van der Waals surface area contributed by atoms with Gasteiger partial charge in [0.2, 0.25) is 5.91 Å². The molecule has 1 aliphatic rings. The average molecular weight is 534 g/mol. The fraction of sp³-hybridized carbons (Fsp3) is 0.250. The smallest absolute Gasteiger partial charge is 0.303 e. The number of carboxylic acid groups (broad SMARTS) is 1. The molecule has 4 rings (SSSR count). The number of carbonyl (C=O) groups excluding carboxylic acids is 1. The van der Waals surface area contributed by atoms with E-state index in [1.807, 2.05) is 54.6 Å². The molecule has 1 amide bonds. The Kier molecular flexibility index (Phi) is 7.78. The molecule has 0 saturated carbocycles. The molecule has 0 spiro atoms. The molecule has 0 fully saturated rings. The summed E-state index contributed by atoms with van der Waals surface area (Å²) in [6.45, 7) is 3.94. The van der Waals surface area contributed by atoms with Crippen molar-refractivity contribution in [3.05, 3.63) is 93.5 Å². The summed E-state index contributed by atoms with van der Waals surface area (Å²) in [4.78, 5) is 31.4. The third kappa shape index (κ3) is 6.05. The highest BCUT2D eigenvalue weighted by Gasteiger charge is 2.35. The van der Waals surface area contributed by atoms with Gasteiger partial charge in [-0.1, -0.05) is 59.3 Å². The molecule has 6 nitrogen and oxygen atoms in total. The Hall–Kier alpha value is -3.29. The molecule has 0 bridgehead atoms. The van der Waals surface area contributed by atoms with Crippen molar-refractivity contribution < 1.29 is 14.7 Å². The summed E-state index contributed by atoms with van der Waals surface area (Å²) in [6, 6.07) is 21.5. The maximum Gasteiger partial charge on any atom is 0.303 e. The van der Waals surface area contributed by atoms with E-state index in [0.29, 0.717) is 12.1 Å².